The van der Waals surface area contributed by atoms with Gasteiger partial charge in [-0.15, -0.1) is 11.3 Å². The van der Waals surface area contributed by atoms with E-state index in [2.05, 4.69) is 27.3 Å². The molecule has 0 radical (unpaired) electrons. The largest absolute Gasteiger partial charge is 0.378 e. The van der Waals surface area contributed by atoms with Gasteiger partial charge in [0.2, 0.25) is 5.91 Å². The summed E-state index contributed by atoms with van der Waals surface area (Å²) in [6, 6.07) is 8.17. The van der Waals surface area contributed by atoms with Crippen LogP contribution in [0.25, 0.3) is 6.08 Å². The molecule has 1 fully saturated rings. The molecule has 3 rings (SSSR count). The molecule has 1 amide bonds. The van der Waals surface area contributed by atoms with Crippen molar-refractivity contribution in [3.05, 3.63) is 52.5 Å². The molecule has 0 saturated carbocycles. The van der Waals surface area contributed by atoms with E-state index >= 15 is 0 Å². The Kier molecular flexibility index (Phi) is 5.39. The minimum absolute atomic E-state index is 0.114. The molecule has 0 aliphatic carbocycles. The van der Waals surface area contributed by atoms with Crippen molar-refractivity contribution in [2.75, 3.05) is 31.2 Å². The first-order chi connectivity index (χ1) is 11.3. The van der Waals surface area contributed by atoms with Gasteiger partial charge in [-0.1, -0.05) is 18.2 Å². The van der Waals surface area contributed by atoms with Crippen LogP contribution in [0.15, 0.2) is 41.9 Å². The molecule has 0 bridgehead atoms. The van der Waals surface area contributed by atoms with Crippen LogP contribution in [0.4, 0.5) is 5.69 Å². The zero-order valence-electron chi connectivity index (χ0n) is 12.8. The number of thiazole rings is 1. The third kappa shape index (κ3) is 4.40. The van der Waals surface area contributed by atoms with Crippen molar-refractivity contribution >= 4 is 29.0 Å². The van der Waals surface area contributed by atoms with Crippen LogP contribution in [0.5, 0.6) is 0 Å². The fourth-order valence-corrected chi connectivity index (χ4v) is 3.01. The Morgan fingerprint density at radius 1 is 1.35 bits per heavy atom. The van der Waals surface area contributed by atoms with Crippen molar-refractivity contribution in [1.82, 2.24) is 10.3 Å². The molecule has 1 N–H and O–H groups in total. The van der Waals surface area contributed by atoms with Gasteiger partial charge in [-0.2, -0.15) is 0 Å². The third-order valence-electron chi connectivity index (χ3n) is 3.63. The predicted molar refractivity (Wildman–Crippen MR) is 92.5 cm³/mol. The second-order valence-corrected chi connectivity index (χ2v) is 6.08. The minimum atomic E-state index is -0.114. The summed E-state index contributed by atoms with van der Waals surface area (Å²) in [5.74, 6) is -0.114. The zero-order chi connectivity index (χ0) is 15.9. The van der Waals surface area contributed by atoms with Crippen molar-refractivity contribution in [3.63, 3.8) is 0 Å². The summed E-state index contributed by atoms with van der Waals surface area (Å²) >= 11 is 1.50. The summed E-state index contributed by atoms with van der Waals surface area (Å²) in [7, 11) is 0. The van der Waals surface area contributed by atoms with E-state index in [0.717, 1.165) is 36.9 Å². The average Bonchev–Trinajstić information content (AvgIpc) is 3.13. The molecule has 2 aromatic rings. The Labute approximate surface area is 139 Å². The van der Waals surface area contributed by atoms with E-state index < -0.39 is 0 Å². The van der Waals surface area contributed by atoms with E-state index in [0.29, 0.717) is 6.54 Å². The summed E-state index contributed by atoms with van der Waals surface area (Å²) in [6.07, 6.45) is 4.98. The molecule has 5 nitrogen and oxygen atoms in total. The van der Waals surface area contributed by atoms with E-state index in [1.54, 1.807) is 12.3 Å². The van der Waals surface area contributed by atoms with Gasteiger partial charge in [0.05, 0.1) is 13.2 Å². The Morgan fingerprint density at radius 3 is 2.96 bits per heavy atom. The molecular weight excluding hydrogens is 310 g/mol. The van der Waals surface area contributed by atoms with Crippen molar-refractivity contribution in [1.29, 1.82) is 0 Å². The molecule has 1 saturated heterocycles. The van der Waals surface area contributed by atoms with Gasteiger partial charge in [0.1, 0.15) is 5.01 Å². The molecule has 1 aromatic carbocycles. The first kappa shape index (κ1) is 15.7. The molecule has 0 unspecified atom stereocenters. The molecular formula is C17H19N3O2S. The second-order valence-electron chi connectivity index (χ2n) is 5.15. The van der Waals surface area contributed by atoms with Crippen LogP contribution < -0.4 is 10.2 Å². The lowest BCUT2D eigenvalue weighted by Gasteiger charge is -2.30. The van der Waals surface area contributed by atoms with Crippen LogP contribution in [-0.2, 0) is 16.1 Å². The number of ether oxygens (including phenoxy) is 1. The number of morpholine rings is 1. The number of carbonyl (C=O) groups excluding carboxylic acids is 1. The highest BCUT2D eigenvalue weighted by molar-refractivity contribution is 7.10. The molecule has 0 atom stereocenters. The van der Waals surface area contributed by atoms with Gasteiger partial charge in [-0.25, -0.2) is 4.98 Å². The highest BCUT2D eigenvalue weighted by Crippen LogP contribution is 2.21. The number of hydrogen-bond donors (Lipinski definition) is 1. The highest BCUT2D eigenvalue weighted by Gasteiger charge is 2.14. The summed E-state index contributed by atoms with van der Waals surface area (Å²) in [4.78, 5) is 18.4. The zero-order valence-corrected chi connectivity index (χ0v) is 13.6. The smallest absolute Gasteiger partial charge is 0.244 e. The molecule has 0 spiro atoms. The van der Waals surface area contributed by atoms with E-state index in [9.17, 15) is 4.79 Å². The Morgan fingerprint density at radius 2 is 2.17 bits per heavy atom. The standard InChI is InChI=1S/C17H19N3O2S/c21-16(5-6-17-18-7-12-23-17)19-13-14-3-1-2-4-15(14)20-8-10-22-11-9-20/h1-7,12H,8-11,13H2,(H,19,21)/b6-5-. The number of nitrogens with zero attached hydrogens (tertiary/aromatic N) is 2. The third-order valence-corrected chi connectivity index (χ3v) is 4.37. The fraction of sp³-hybridized carbons (Fsp3) is 0.294. The van der Waals surface area contributed by atoms with Crippen LogP contribution in [-0.4, -0.2) is 37.2 Å². The quantitative estimate of drug-likeness (QED) is 0.855. The summed E-state index contributed by atoms with van der Waals surface area (Å²) in [5.41, 5.74) is 2.28. The summed E-state index contributed by atoms with van der Waals surface area (Å²) in [5, 5.41) is 5.65. The van der Waals surface area contributed by atoms with E-state index in [1.165, 1.54) is 23.1 Å². The molecule has 23 heavy (non-hydrogen) atoms. The van der Waals surface area contributed by atoms with Crippen LogP contribution >= 0.6 is 11.3 Å². The van der Waals surface area contributed by atoms with Crippen molar-refractivity contribution in [2.24, 2.45) is 0 Å². The Hall–Kier alpha value is -2.18. The molecule has 2 heterocycles. The summed E-state index contributed by atoms with van der Waals surface area (Å²) < 4.78 is 5.40. The lowest BCUT2D eigenvalue weighted by atomic mass is 10.1. The van der Waals surface area contributed by atoms with Crippen LogP contribution in [0.2, 0.25) is 0 Å². The first-order valence-electron chi connectivity index (χ1n) is 7.59. The number of para-hydroxylation sites is 1. The lowest BCUT2D eigenvalue weighted by Crippen LogP contribution is -2.37. The van der Waals surface area contributed by atoms with Gasteiger partial charge in [-0.05, 0) is 17.7 Å². The fourth-order valence-electron chi connectivity index (χ4n) is 2.48. The number of benzene rings is 1. The van der Waals surface area contributed by atoms with Crippen LogP contribution in [0.3, 0.4) is 0 Å². The minimum Gasteiger partial charge on any atom is -0.378 e. The summed E-state index contributed by atoms with van der Waals surface area (Å²) in [6.45, 7) is 3.77. The number of rotatable bonds is 5. The van der Waals surface area contributed by atoms with Crippen LogP contribution in [0.1, 0.15) is 10.6 Å². The average molecular weight is 329 g/mol. The van der Waals surface area contributed by atoms with Crippen molar-refractivity contribution < 1.29 is 9.53 Å². The highest BCUT2D eigenvalue weighted by atomic mass is 32.1. The maximum atomic E-state index is 11.9. The normalized spacial score (nSPS) is 15.0. The monoisotopic (exact) mass is 329 g/mol. The predicted octanol–water partition coefficient (Wildman–Crippen LogP) is 2.31. The van der Waals surface area contributed by atoms with Gasteiger partial charge >= 0.3 is 0 Å². The van der Waals surface area contributed by atoms with Gasteiger partial charge in [-0.3, -0.25) is 4.79 Å². The Balaban J connectivity index is 1.60. The maximum Gasteiger partial charge on any atom is 0.244 e. The van der Waals surface area contributed by atoms with Gasteiger partial charge in [0.15, 0.2) is 0 Å². The molecule has 1 aliphatic heterocycles. The van der Waals surface area contributed by atoms with Crippen molar-refractivity contribution in [3.8, 4) is 0 Å². The molecule has 120 valence electrons. The first-order valence-corrected chi connectivity index (χ1v) is 8.47. The Bertz CT molecular complexity index is 664. The molecule has 6 heteroatoms. The van der Waals surface area contributed by atoms with E-state index in [1.807, 2.05) is 17.5 Å². The number of hydrogen-bond acceptors (Lipinski definition) is 5. The maximum absolute atomic E-state index is 11.9. The van der Waals surface area contributed by atoms with Crippen molar-refractivity contribution in [2.45, 2.75) is 6.54 Å². The van der Waals surface area contributed by atoms with E-state index in [4.69, 9.17) is 4.74 Å². The molecule has 1 aliphatic rings. The van der Waals surface area contributed by atoms with Gasteiger partial charge in [0.25, 0.3) is 0 Å². The van der Waals surface area contributed by atoms with Gasteiger partial charge < -0.3 is 15.0 Å². The number of carbonyl (C=O) groups is 1. The second kappa shape index (κ2) is 7.89. The number of anilines is 1. The molecule has 1 aromatic heterocycles. The number of aromatic nitrogens is 1. The van der Waals surface area contributed by atoms with Crippen LogP contribution in [0, 0.1) is 0 Å². The lowest BCUT2D eigenvalue weighted by molar-refractivity contribution is -0.116. The van der Waals surface area contributed by atoms with E-state index in [-0.39, 0.29) is 5.91 Å². The van der Waals surface area contributed by atoms with Gasteiger partial charge in [0, 0.05) is 43.0 Å². The topological polar surface area (TPSA) is 54.5 Å². The SMILES string of the molecule is O=C(/C=C\c1nccs1)NCc1ccccc1N1CCOCC1. The number of amides is 1. The number of nitrogens with one attached hydrogen (secondary N) is 1.